The van der Waals surface area contributed by atoms with Crippen molar-refractivity contribution in [1.29, 1.82) is 0 Å². The minimum absolute atomic E-state index is 0.0106. The molecule has 1 aromatic carbocycles. The molecule has 1 aliphatic rings. The van der Waals surface area contributed by atoms with E-state index in [1.165, 1.54) is 11.8 Å². The van der Waals surface area contributed by atoms with Crippen LogP contribution in [0, 0.1) is 0 Å². The Balaban J connectivity index is 2.32. The van der Waals surface area contributed by atoms with Crippen LogP contribution in [-0.2, 0) is 15.9 Å². The van der Waals surface area contributed by atoms with E-state index in [4.69, 9.17) is 9.47 Å². The summed E-state index contributed by atoms with van der Waals surface area (Å²) in [5.41, 5.74) is 2.35. The summed E-state index contributed by atoms with van der Waals surface area (Å²) < 4.78 is 10.7. The van der Waals surface area contributed by atoms with E-state index in [2.05, 4.69) is 0 Å². The molecular weight excluding hydrogens is 246 g/mol. The van der Waals surface area contributed by atoms with E-state index in [0.717, 1.165) is 11.1 Å². The van der Waals surface area contributed by atoms with Crippen LogP contribution in [0.1, 0.15) is 34.7 Å². The Labute approximate surface area is 112 Å². The van der Waals surface area contributed by atoms with E-state index in [1.54, 1.807) is 26.2 Å². The van der Waals surface area contributed by atoms with Crippen molar-refractivity contribution in [2.24, 2.45) is 0 Å². The zero-order valence-electron chi connectivity index (χ0n) is 11.3. The van der Waals surface area contributed by atoms with Gasteiger partial charge in [-0.1, -0.05) is 18.2 Å². The molecule has 1 aliphatic heterocycles. The van der Waals surface area contributed by atoms with E-state index in [1.807, 2.05) is 6.07 Å². The first-order valence-electron chi connectivity index (χ1n) is 6.13. The fourth-order valence-electron chi connectivity index (χ4n) is 2.09. The number of ether oxygens (including phenoxy) is 2. The van der Waals surface area contributed by atoms with Crippen molar-refractivity contribution < 1.29 is 19.1 Å². The summed E-state index contributed by atoms with van der Waals surface area (Å²) in [5, 5.41) is 0. The largest absolute Gasteiger partial charge is 0.415 e. The van der Waals surface area contributed by atoms with Crippen LogP contribution in [0.25, 0.3) is 0 Å². The lowest BCUT2D eigenvalue weighted by atomic mass is 9.94. The molecule has 0 bridgehead atoms. The fourth-order valence-corrected chi connectivity index (χ4v) is 2.09. The summed E-state index contributed by atoms with van der Waals surface area (Å²) in [5.74, 6) is 0.0106. The summed E-state index contributed by atoms with van der Waals surface area (Å²) in [6.45, 7) is 1.97. The third kappa shape index (κ3) is 2.76. The van der Waals surface area contributed by atoms with Crippen LogP contribution in [-0.4, -0.2) is 37.5 Å². The van der Waals surface area contributed by atoms with Crippen LogP contribution < -0.4 is 0 Å². The van der Waals surface area contributed by atoms with Crippen LogP contribution in [0.3, 0.4) is 0 Å². The average molecular weight is 263 g/mol. The molecule has 2 rings (SSSR count). The number of amides is 1. The molecule has 0 aromatic heterocycles. The van der Waals surface area contributed by atoms with Gasteiger partial charge >= 0.3 is 6.09 Å². The van der Waals surface area contributed by atoms with Crippen LogP contribution in [0.15, 0.2) is 18.2 Å². The normalized spacial score (nSPS) is 17.5. The van der Waals surface area contributed by atoms with Crippen LogP contribution in [0.4, 0.5) is 4.79 Å². The molecule has 0 radical (unpaired) electrons. The highest BCUT2D eigenvalue weighted by atomic mass is 16.7. The number of hydrogen-bond donors (Lipinski definition) is 0. The zero-order valence-corrected chi connectivity index (χ0v) is 11.3. The van der Waals surface area contributed by atoms with Crippen molar-refractivity contribution in [3.05, 3.63) is 34.9 Å². The molecule has 1 atom stereocenters. The predicted octanol–water partition coefficient (Wildman–Crippen LogP) is 2.16. The van der Waals surface area contributed by atoms with E-state index < -0.39 is 12.4 Å². The number of benzene rings is 1. The van der Waals surface area contributed by atoms with Crippen molar-refractivity contribution >= 4 is 11.9 Å². The number of carbonyl (C=O) groups is 2. The van der Waals surface area contributed by atoms with Crippen molar-refractivity contribution in [2.75, 3.05) is 20.7 Å². The van der Waals surface area contributed by atoms with Crippen molar-refractivity contribution in [3.63, 3.8) is 0 Å². The molecule has 1 aromatic rings. The first kappa shape index (κ1) is 13.5. The molecular formula is C14H17NO4. The molecule has 0 spiro atoms. The van der Waals surface area contributed by atoms with E-state index >= 15 is 0 Å². The second-order valence-corrected chi connectivity index (χ2v) is 4.66. The molecule has 0 aliphatic carbocycles. The standard InChI is InChI=1S/C14H17NO4/c1-9(16)10-5-4-6-12-11(10)7-8-18-13(12)19-14(17)15(2)3/h4-6,13H,7-8H2,1-3H3. The number of ketones is 1. The topological polar surface area (TPSA) is 55.8 Å². The Morgan fingerprint density at radius 2 is 2.11 bits per heavy atom. The number of Topliss-reactive ketones (excluding diaryl/α,β-unsaturated/α-hetero) is 1. The van der Waals surface area contributed by atoms with Gasteiger partial charge in [0.1, 0.15) is 0 Å². The molecule has 0 N–H and O–H groups in total. The van der Waals surface area contributed by atoms with Crippen LogP contribution in [0.2, 0.25) is 0 Å². The van der Waals surface area contributed by atoms with Gasteiger partial charge in [0, 0.05) is 25.2 Å². The fraction of sp³-hybridized carbons (Fsp3) is 0.429. The summed E-state index contributed by atoms with van der Waals surface area (Å²) in [6, 6.07) is 5.40. The highest BCUT2D eigenvalue weighted by Crippen LogP contribution is 2.30. The Bertz CT molecular complexity index is 510. The van der Waals surface area contributed by atoms with Crippen LogP contribution in [0.5, 0.6) is 0 Å². The third-order valence-corrected chi connectivity index (χ3v) is 3.04. The summed E-state index contributed by atoms with van der Waals surface area (Å²) in [6.07, 6.45) is -0.551. The summed E-state index contributed by atoms with van der Waals surface area (Å²) in [4.78, 5) is 24.5. The maximum Gasteiger partial charge on any atom is 0.411 e. The minimum atomic E-state index is -0.738. The first-order valence-corrected chi connectivity index (χ1v) is 6.13. The second-order valence-electron chi connectivity index (χ2n) is 4.66. The van der Waals surface area contributed by atoms with Gasteiger partial charge in [0.05, 0.1) is 6.61 Å². The molecule has 0 saturated carbocycles. The highest BCUT2D eigenvalue weighted by Gasteiger charge is 2.27. The van der Waals surface area contributed by atoms with Gasteiger partial charge in [0.15, 0.2) is 5.78 Å². The molecule has 19 heavy (non-hydrogen) atoms. The molecule has 102 valence electrons. The van der Waals surface area contributed by atoms with Crippen molar-refractivity contribution in [2.45, 2.75) is 19.6 Å². The lowest BCUT2D eigenvalue weighted by Gasteiger charge is -2.27. The summed E-state index contributed by atoms with van der Waals surface area (Å²) in [7, 11) is 3.22. The monoisotopic (exact) mass is 263 g/mol. The lowest BCUT2D eigenvalue weighted by molar-refractivity contribution is -0.120. The van der Waals surface area contributed by atoms with Gasteiger partial charge in [-0.25, -0.2) is 4.79 Å². The van der Waals surface area contributed by atoms with Gasteiger partial charge in [-0.15, -0.1) is 0 Å². The quantitative estimate of drug-likeness (QED) is 0.767. The van der Waals surface area contributed by atoms with Gasteiger partial charge in [0.2, 0.25) is 6.29 Å². The van der Waals surface area contributed by atoms with E-state index in [-0.39, 0.29) is 5.78 Å². The molecule has 5 heteroatoms. The van der Waals surface area contributed by atoms with Crippen molar-refractivity contribution in [3.8, 4) is 0 Å². The second kappa shape index (κ2) is 5.40. The molecule has 1 amide bonds. The zero-order chi connectivity index (χ0) is 14.0. The average Bonchev–Trinajstić information content (AvgIpc) is 2.38. The van der Waals surface area contributed by atoms with E-state index in [9.17, 15) is 9.59 Å². The number of fused-ring (bicyclic) bond motifs is 1. The Morgan fingerprint density at radius 1 is 1.37 bits per heavy atom. The van der Waals surface area contributed by atoms with Gasteiger partial charge in [0.25, 0.3) is 0 Å². The smallest absolute Gasteiger partial charge is 0.411 e. The highest BCUT2D eigenvalue weighted by molar-refractivity contribution is 5.96. The van der Waals surface area contributed by atoms with Crippen LogP contribution >= 0.6 is 0 Å². The Hall–Kier alpha value is -1.88. The number of nitrogens with zero attached hydrogens (tertiary/aromatic N) is 1. The lowest BCUT2D eigenvalue weighted by Crippen LogP contribution is -2.28. The summed E-state index contributed by atoms with van der Waals surface area (Å²) >= 11 is 0. The van der Waals surface area contributed by atoms with Crippen molar-refractivity contribution in [1.82, 2.24) is 4.90 Å². The maximum atomic E-state index is 11.6. The van der Waals surface area contributed by atoms with Gasteiger partial charge < -0.3 is 14.4 Å². The Morgan fingerprint density at radius 3 is 2.74 bits per heavy atom. The predicted molar refractivity (Wildman–Crippen MR) is 69.0 cm³/mol. The molecule has 0 fully saturated rings. The molecule has 5 nitrogen and oxygen atoms in total. The van der Waals surface area contributed by atoms with Gasteiger partial charge in [-0.05, 0) is 18.9 Å². The van der Waals surface area contributed by atoms with Gasteiger partial charge in [-0.3, -0.25) is 4.79 Å². The third-order valence-electron chi connectivity index (χ3n) is 3.04. The molecule has 0 saturated heterocycles. The Kier molecular flexibility index (Phi) is 3.85. The van der Waals surface area contributed by atoms with Gasteiger partial charge in [-0.2, -0.15) is 0 Å². The molecule has 1 unspecified atom stereocenters. The SMILES string of the molecule is CC(=O)c1cccc2c1CCOC2OC(=O)N(C)C. The number of hydrogen-bond acceptors (Lipinski definition) is 4. The van der Waals surface area contributed by atoms with E-state index in [0.29, 0.717) is 18.6 Å². The number of rotatable bonds is 2. The maximum absolute atomic E-state index is 11.6. The number of carbonyl (C=O) groups excluding carboxylic acids is 2. The minimum Gasteiger partial charge on any atom is -0.415 e. The molecule has 1 heterocycles. The first-order chi connectivity index (χ1) is 9.00.